The van der Waals surface area contributed by atoms with Crippen LogP contribution in [0.4, 0.5) is 11.4 Å². The van der Waals surface area contributed by atoms with Crippen molar-refractivity contribution >= 4 is 33.2 Å². The van der Waals surface area contributed by atoms with Crippen molar-refractivity contribution in [3.63, 3.8) is 0 Å². The molecule has 2 aliphatic rings. The van der Waals surface area contributed by atoms with Gasteiger partial charge in [-0.15, -0.1) is 0 Å². The van der Waals surface area contributed by atoms with Crippen LogP contribution in [0.15, 0.2) is 66.7 Å². The van der Waals surface area contributed by atoms with Gasteiger partial charge in [0.1, 0.15) is 13.2 Å². The van der Waals surface area contributed by atoms with Gasteiger partial charge < -0.3 is 19.3 Å². The largest absolute Gasteiger partial charge is 0.485 e. The molecule has 3 aromatic carbocycles. The summed E-state index contributed by atoms with van der Waals surface area (Å²) in [7, 11) is 0. The average Bonchev–Trinajstić information content (AvgIpc) is 3.77. The molecule has 0 unspecified atom stereocenters. The molecule has 0 spiro atoms. The van der Waals surface area contributed by atoms with Gasteiger partial charge in [0.05, 0.1) is 22.7 Å². The highest BCUT2D eigenvalue weighted by molar-refractivity contribution is 5.93. The van der Waals surface area contributed by atoms with Crippen molar-refractivity contribution in [2.75, 3.05) is 36.0 Å². The van der Waals surface area contributed by atoms with Crippen LogP contribution in [0.25, 0.3) is 21.8 Å². The first-order valence-electron chi connectivity index (χ1n) is 15.6. The van der Waals surface area contributed by atoms with Gasteiger partial charge >= 0.3 is 0 Å². The van der Waals surface area contributed by atoms with E-state index in [-0.39, 0.29) is 0 Å². The lowest BCUT2D eigenvalue weighted by molar-refractivity contribution is 0.256. The number of aromatic nitrogens is 2. The number of pyridine rings is 2. The maximum atomic E-state index is 9.56. The molecule has 0 N–H and O–H groups in total. The van der Waals surface area contributed by atoms with Crippen LogP contribution >= 0.6 is 0 Å². The van der Waals surface area contributed by atoms with Crippen molar-refractivity contribution in [3.05, 3.63) is 94.8 Å². The number of hydrogen-bond acceptors (Lipinski definition) is 7. The standard InChI is InChI=1S/C37H37N5O2/c1-25-17-34(41-13-3-4-14-41)30-10-7-28(19-32(30)39-25)23-43-36-12-9-27(22-38)21-37(36)44-24-29-8-11-31-33(20-29)40-26(2)18-35(31)42-15-5-6-16-42/h7-12,17-21H,3-6,13-16,23-24H2,1-2H3. The molecule has 0 bridgehead atoms. The second-order valence-corrected chi connectivity index (χ2v) is 12.0. The van der Waals surface area contributed by atoms with Crippen molar-refractivity contribution in [2.24, 2.45) is 0 Å². The first-order chi connectivity index (χ1) is 21.5. The highest BCUT2D eigenvalue weighted by Crippen LogP contribution is 2.34. The quantitative estimate of drug-likeness (QED) is 0.186. The van der Waals surface area contributed by atoms with E-state index >= 15 is 0 Å². The minimum atomic E-state index is 0.342. The van der Waals surface area contributed by atoms with Crippen LogP contribution < -0.4 is 19.3 Å². The Morgan fingerprint density at radius 2 is 1.14 bits per heavy atom. The van der Waals surface area contributed by atoms with Gasteiger partial charge in [0.2, 0.25) is 0 Å². The third-order valence-corrected chi connectivity index (χ3v) is 8.72. The van der Waals surface area contributed by atoms with Gasteiger partial charge in [-0.3, -0.25) is 9.97 Å². The zero-order valence-corrected chi connectivity index (χ0v) is 25.5. The summed E-state index contributed by atoms with van der Waals surface area (Å²) in [5, 5.41) is 11.9. The van der Waals surface area contributed by atoms with E-state index in [1.807, 2.05) is 6.07 Å². The molecule has 7 rings (SSSR count). The summed E-state index contributed by atoms with van der Waals surface area (Å²) in [6.07, 6.45) is 4.94. The molecule has 2 aromatic heterocycles. The molecule has 5 aromatic rings. The van der Waals surface area contributed by atoms with Gasteiger partial charge in [0.25, 0.3) is 0 Å². The molecule has 0 saturated carbocycles. The van der Waals surface area contributed by atoms with Crippen LogP contribution in [-0.4, -0.2) is 36.1 Å². The number of fused-ring (bicyclic) bond motifs is 2. The minimum absolute atomic E-state index is 0.342. The fourth-order valence-electron chi connectivity index (χ4n) is 6.52. The Hall–Kier alpha value is -4.83. The number of aryl methyl sites for hydroxylation is 2. The molecule has 7 nitrogen and oxygen atoms in total. The van der Waals surface area contributed by atoms with Crippen molar-refractivity contribution in [2.45, 2.75) is 52.7 Å². The normalized spacial score (nSPS) is 14.8. The van der Waals surface area contributed by atoms with E-state index < -0.39 is 0 Å². The molecule has 4 heterocycles. The van der Waals surface area contributed by atoms with Gasteiger partial charge in [0.15, 0.2) is 11.5 Å². The third kappa shape index (κ3) is 5.72. The van der Waals surface area contributed by atoms with E-state index in [1.165, 1.54) is 47.8 Å². The first kappa shape index (κ1) is 28.0. The van der Waals surface area contributed by atoms with Gasteiger partial charge in [-0.1, -0.05) is 24.3 Å². The number of ether oxygens (including phenoxy) is 2. The predicted molar refractivity (Wildman–Crippen MR) is 176 cm³/mol. The Labute approximate surface area is 258 Å². The van der Waals surface area contributed by atoms with Crippen molar-refractivity contribution in [1.29, 1.82) is 5.26 Å². The molecular weight excluding hydrogens is 546 g/mol. The summed E-state index contributed by atoms with van der Waals surface area (Å²) in [5.74, 6) is 1.15. The Kier molecular flexibility index (Phi) is 7.66. The molecule has 222 valence electrons. The first-order valence-corrected chi connectivity index (χ1v) is 15.6. The topological polar surface area (TPSA) is 74.5 Å². The second-order valence-electron chi connectivity index (χ2n) is 12.0. The molecule has 2 saturated heterocycles. The summed E-state index contributed by atoms with van der Waals surface area (Å²) < 4.78 is 12.6. The Bertz CT molecular complexity index is 1880. The zero-order valence-electron chi connectivity index (χ0n) is 25.5. The lowest BCUT2D eigenvalue weighted by atomic mass is 10.1. The van der Waals surface area contributed by atoms with Crippen molar-refractivity contribution < 1.29 is 9.47 Å². The molecule has 7 heteroatoms. The van der Waals surface area contributed by atoms with E-state index in [2.05, 4.69) is 78.2 Å². The average molecular weight is 584 g/mol. The zero-order chi connectivity index (χ0) is 30.0. The SMILES string of the molecule is Cc1cc(N2CCCC2)c2ccc(COc3ccc(C#N)cc3OCc3ccc4c(N5CCCC5)cc(C)nc4c3)cc2n1. The van der Waals surface area contributed by atoms with Crippen LogP contribution in [-0.2, 0) is 13.2 Å². The molecule has 0 amide bonds. The van der Waals surface area contributed by atoms with E-state index in [0.717, 1.165) is 59.7 Å². The maximum absolute atomic E-state index is 9.56. The summed E-state index contributed by atoms with van der Waals surface area (Å²) in [5.41, 5.74) is 9.10. The molecule has 44 heavy (non-hydrogen) atoms. The highest BCUT2D eigenvalue weighted by atomic mass is 16.5. The Morgan fingerprint density at radius 1 is 0.636 bits per heavy atom. The summed E-state index contributed by atoms with van der Waals surface area (Å²) in [6.45, 7) is 9.20. The molecule has 2 aliphatic heterocycles. The van der Waals surface area contributed by atoms with E-state index in [4.69, 9.17) is 19.4 Å². The molecule has 0 atom stereocenters. The maximum Gasteiger partial charge on any atom is 0.163 e. The number of nitriles is 1. The fraction of sp³-hybridized carbons (Fsp3) is 0.324. The number of hydrogen-bond donors (Lipinski definition) is 0. The summed E-state index contributed by atoms with van der Waals surface area (Å²) in [4.78, 5) is 14.6. The van der Waals surface area contributed by atoms with E-state index in [0.29, 0.717) is 30.3 Å². The lowest BCUT2D eigenvalue weighted by Crippen LogP contribution is -2.18. The number of rotatable bonds is 8. The van der Waals surface area contributed by atoms with Crippen LogP contribution in [0, 0.1) is 25.2 Å². The second kappa shape index (κ2) is 12.0. The van der Waals surface area contributed by atoms with Crippen LogP contribution in [0.2, 0.25) is 0 Å². The van der Waals surface area contributed by atoms with Gasteiger partial charge in [-0.25, -0.2) is 0 Å². The number of nitrogens with zero attached hydrogens (tertiary/aromatic N) is 5. The van der Waals surface area contributed by atoms with E-state index in [9.17, 15) is 5.26 Å². The molecule has 0 radical (unpaired) electrons. The molecule has 2 fully saturated rings. The fourth-order valence-corrected chi connectivity index (χ4v) is 6.52. The molecule has 0 aliphatic carbocycles. The lowest BCUT2D eigenvalue weighted by Gasteiger charge is -2.21. The smallest absolute Gasteiger partial charge is 0.163 e. The number of benzene rings is 3. The van der Waals surface area contributed by atoms with E-state index in [1.54, 1.807) is 12.1 Å². The van der Waals surface area contributed by atoms with Crippen LogP contribution in [0.1, 0.15) is 53.8 Å². The monoisotopic (exact) mass is 583 g/mol. The van der Waals surface area contributed by atoms with Crippen molar-refractivity contribution in [1.82, 2.24) is 9.97 Å². The Morgan fingerprint density at radius 3 is 1.64 bits per heavy atom. The van der Waals surface area contributed by atoms with Crippen molar-refractivity contribution in [3.8, 4) is 17.6 Å². The van der Waals surface area contributed by atoms with Crippen LogP contribution in [0.5, 0.6) is 11.5 Å². The van der Waals surface area contributed by atoms with Crippen LogP contribution in [0.3, 0.4) is 0 Å². The number of anilines is 2. The predicted octanol–water partition coefficient (Wildman–Crippen LogP) is 7.63. The summed E-state index contributed by atoms with van der Waals surface area (Å²) >= 11 is 0. The summed E-state index contributed by atoms with van der Waals surface area (Å²) in [6, 6.07) is 24.7. The van der Waals surface area contributed by atoms with Gasteiger partial charge in [0, 0.05) is 65.8 Å². The van der Waals surface area contributed by atoms with Gasteiger partial charge in [-0.2, -0.15) is 5.26 Å². The minimum Gasteiger partial charge on any atom is -0.485 e. The molecular formula is C37H37N5O2. The van der Waals surface area contributed by atoms with Gasteiger partial charge in [-0.05, 0) is 87.1 Å². The third-order valence-electron chi connectivity index (χ3n) is 8.72. The Balaban J connectivity index is 1.10. The highest BCUT2D eigenvalue weighted by Gasteiger charge is 2.18.